The van der Waals surface area contributed by atoms with Crippen LogP contribution in [0.5, 0.6) is 0 Å². The van der Waals surface area contributed by atoms with Crippen LogP contribution in [-0.2, 0) is 0 Å². The van der Waals surface area contributed by atoms with E-state index < -0.39 is 14.8 Å². The van der Waals surface area contributed by atoms with Gasteiger partial charge in [0, 0.05) is 0 Å². The van der Waals surface area contributed by atoms with Gasteiger partial charge in [0.05, 0.1) is 8.07 Å². The standard InChI is InChI=1S/C6H14Cl2Si2/c1-9(2,3)5-6-10(4,7)8/h5-6H,1-4H3/b6-5+. The first-order valence-electron chi connectivity index (χ1n) is 3.29. The molecule has 10 heavy (non-hydrogen) atoms. The number of hydrogen-bond acceptors (Lipinski definition) is 0. The summed E-state index contributed by atoms with van der Waals surface area (Å²) in [6.07, 6.45) is 0. The molecule has 0 bridgehead atoms. The van der Waals surface area contributed by atoms with Crippen molar-refractivity contribution in [1.82, 2.24) is 0 Å². The Hall–Kier alpha value is 0.754. The van der Waals surface area contributed by atoms with Crippen molar-refractivity contribution in [2.75, 3.05) is 0 Å². The van der Waals surface area contributed by atoms with Crippen LogP contribution in [0.25, 0.3) is 0 Å². The maximum atomic E-state index is 5.88. The van der Waals surface area contributed by atoms with E-state index >= 15 is 0 Å². The first-order chi connectivity index (χ1) is 4.21. The molecule has 0 saturated heterocycles. The van der Waals surface area contributed by atoms with Crippen molar-refractivity contribution in [3.05, 3.63) is 11.4 Å². The highest BCUT2D eigenvalue weighted by Gasteiger charge is 2.17. The molecule has 0 rings (SSSR count). The molecule has 0 heterocycles. The SMILES string of the molecule is C[Si](C)(C)/C=C/[Si](C)(Cl)Cl. The van der Waals surface area contributed by atoms with Crippen LogP contribution in [0.15, 0.2) is 11.4 Å². The van der Waals surface area contributed by atoms with Crippen molar-refractivity contribution < 1.29 is 0 Å². The summed E-state index contributed by atoms with van der Waals surface area (Å²) in [6, 6.07) is 0. The van der Waals surface area contributed by atoms with Gasteiger partial charge >= 0.3 is 0 Å². The molecule has 60 valence electrons. The van der Waals surface area contributed by atoms with Gasteiger partial charge in [-0.25, -0.2) is 0 Å². The molecule has 4 heteroatoms. The van der Waals surface area contributed by atoms with E-state index in [9.17, 15) is 0 Å². The second kappa shape index (κ2) is 3.43. The first-order valence-corrected chi connectivity index (χ1v) is 11.5. The van der Waals surface area contributed by atoms with Crippen LogP contribution < -0.4 is 0 Å². The highest BCUT2D eigenvalue weighted by atomic mass is 35.7. The van der Waals surface area contributed by atoms with Gasteiger partial charge in [-0.2, -0.15) is 0 Å². The number of halogens is 2. The Kier molecular flexibility index (Phi) is 3.69. The van der Waals surface area contributed by atoms with E-state index in [1.807, 2.05) is 12.2 Å². The summed E-state index contributed by atoms with van der Waals surface area (Å²) in [4.78, 5) is 0. The summed E-state index contributed by atoms with van der Waals surface area (Å²) < 4.78 is 0. The van der Waals surface area contributed by atoms with Gasteiger partial charge in [0.15, 0.2) is 0 Å². The molecule has 0 aliphatic rings. The molecule has 0 atom stereocenters. The lowest BCUT2D eigenvalue weighted by Crippen LogP contribution is -2.19. The van der Waals surface area contributed by atoms with Gasteiger partial charge < -0.3 is 0 Å². The zero-order chi connectivity index (χ0) is 8.41. The summed E-state index contributed by atoms with van der Waals surface area (Å²) in [5, 5.41) is 0. The third-order valence-corrected chi connectivity index (χ3v) is 3.88. The van der Waals surface area contributed by atoms with Crippen LogP contribution in [0.1, 0.15) is 0 Å². The van der Waals surface area contributed by atoms with Crippen molar-refractivity contribution >= 4 is 36.9 Å². The van der Waals surface area contributed by atoms with E-state index in [1.54, 1.807) is 0 Å². The Morgan fingerprint density at radius 3 is 1.40 bits per heavy atom. The van der Waals surface area contributed by atoms with E-state index in [0.717, 1.165) is 0 Å². The second-order valence-electron chi connectivity index (χ2n) is 3.66. The molecule has 0 unspecified atom stereocenters. The maximum Gasteiger partial charge on any atom is 0.270 e. The number of rotatable bonds is 2. The minimum atomic E-state index is -1.97. The Bertz CT molecular complexity index is 114. The summed E-state index contributed by atoms with van der Waals surface area (Å²) in [5.41, 5.74) is 4.21. The molecule has 0 saturated carbocycles. The summed E-state index contributed by atoms with van der Waals surface area (Å²) in [5.74, 6) is 0. The van der Waals surface area contributed by atoms with Crippen molar-refractivity contribution in [2.24, 2.45) is 0 Å². The third-order valence-electron chi connectivity index (χ3n) is 0.876. The molecule has 0 aromatic heterocycles. The zero-order valence-corrected chi connectivity index (χ0v) is 10.4. The van der Waals surface area contributed by atoms with Crippen LogP contribution in [0.3, 0.4) is 0 Å². The molecule has 0 N–H and O–H groups in total. The second-order valence-corrected chi connectivity index (χ2v) is 16.3. The molecule has 0 fully saturated rings. The Balaban J connectivity index is 4.01. The Labute approximate surface area is 74.7 Å². The first kappa shape index (κ1) is 10.8. The molecular formula is C6H14Cl2Si2. The summed E-state index contributed by atoms with van der Waals surface area (Å²) in [7, 11) is -1.08. The van der Waals surface area contributed by atoms with Gasteiger partial charge in [0.25, 0.3) is 6.69 Å². The van der Waals surface area contributed by atoms with Crippen molar-refractivity contribution in [1.29, 1.82) is 0 Å². The largest absolute Gasteiger partial charge is 0.270 e. The van der Waals surface area contributed by atoms with Gasteiger partial charge in [-0.1, -0.05) is 25.3 Å². The summed E-state index contributed by atoms with van der Waals surface area (Å²) in [6.45, 7) is 6.73. The maximum absolute atomic E-state index is 5.88. The van der Waals surface area contributed by atoms with Crippen LogP contribution in [0, 0.1) is 0 Å². The van der Waals surface area contributed by atoms with Gasteiger partial charge in [0.2, 0.25) is 0 Å². The number of hydrogen-bond donors (Lipinski definition) is 0. The van der Waals surface area contributed by atoms with E-state index in [1.165, 1.54) is 0 Å². The zero-order valence-electron chi connectivity index (χ0n) is 6.91. The van der Waals surface area contributed by atoms with Crippen LogP contribution in [-0.4, -0.2) is 14.8 Å². The molecule has 0 aromatic carbocycles. The van der Waals surface area contributed by atoms with Gasteiger partial charge in [-0.15, -0.1) is 27.9 Å². The van der Waals surface area contributed by atoms with Gasteiger partial charge in [-0.05, 0) is 6.55 Å². The molecule has 0 radical (unpaired) electrons. The van der Waals surface area contributed by atoms with E-state index in [0.29, 0.717) is 0 Å². The van der Waals surface area contributed by atoms with Crippen molar-refractivity contribution in [3.8, 4) is 0 Å². The minimum Gasteiger partial charge on any atom is -0.141 e. The van der Waals surface area contributed by atoms with Crippen LogP contribution in [0.4, 0.5) is 0 Å². The van der Waals surface area contributed by atoms with Crippen LogP contribution >= 0.6 is 22.2 Å². The molecular weight excluding hydrogens is 199 g/mol. The highest BCUT2D eigenvalue weighted by molar-refractivity contribution is 7.47. The predicted molar refractivity (Wildman–Crippen MR) is 55.8 cm³/mol. The molecule has 0 aliphatic heterocycles. The molecule has 0 aliphatic carbocycles. The lowest BCUT2D eigenvalue weighted by molar-refractivity contribution is 1.77. The monoisotopic (exact) mass is 212 g/mol. The van der Waals surface area contributed by atoms with Gasteiger partial charge in [-0.3, -0.25) is 0 Å². The molecule has 0 spiro atoms. The molecule has 0 amide bonds. The Morgan fingerprint density at radius 1 is 0.900 bits per heavy atom. The average molecular weight is 213 g/mol. The van der Waals surface area contributed by atoms with Gasteiger partial charge in [0.1, 0.15) is 0 Å². The highest BCUT2D eigenvalue weighted by Crippen LogP contribution is 2.16. The van der Waals surface area contributed by atoms with Crippen molar-refractivity contribution in [3.63, 3.8) is 0 Å². The Morgan fingerprint density at radius 2 is 1.30 bits per heavy atom. The third kappa shape index (κ3) is 8.75. The van der Waals surface area contributed by atoms with Crippen molar-refractivity contribution in [2.45, 2.75) is 26.2 Å². The lowest BCUT2D eigenvalue weighted by Gasteiger charge is -2.10. The lowest BCUT2D eigenvalue weighted by atomic mass is 11.2. The normalized spacial score (nSPS) is 14.6. The molecule has 0 aromatic rings. The van der Waals surface area contributed by atoms with E-state index in [2.05, 4.69) is 25.3 Å². The predicted octanol–water partition coefficient (Wildman–Crippen LogP) is 3.51. The quantitative estimate of drug-likeness (QED) is 0.486. The summed E-state index contributed by atoms with van der Waals surface area (Å²) >= 11 is 11.8. The molecule has 0 nitrogen and oxygen atoms in total. The van der Waals surface area contributed by atoms with E-state index in [-0.39, 0.29) is 0 Å². The fraction of sp³-hybridized carbons (Fsp3) is 0.667. The fourth-order valence-electron chi connectivity index (χ4n) is 0.396. The van der Waals surface area contributed by atoms with E-state index in [4.69, 9.17) is 22.2 Å². The smallest absolute Gasteiger partial charge is 0.141 e. The van der Waals surface area contributed by atoms with Crippen LogP contribution in [0.2, 0.25) is 26.2 Å². The minimum absolute atomic E-state index is 1.08. The average Bonchev–Trinajstić information content (AvgIpc) is 1.57. The topological polar surface area (TPSA) is 0 Å². The fourth-order valence-corrected chi connectivity index (χ4v) is 4.70.